The molecule has 0 bridgehead atoms. The summed E-state index contributed by atoms with van der Waals surface area (Å²) in [6.45, 7) is 7.48. The Kier molecular flexibility index (Phi) is 4.61. The number of nitrogens with zero attached hydrogens (tertiary/aromatic N) is 2. The lowest BCUT2D eigenvalue weighted by Crippen LogP contribution is -2.31. The number of phenols is 1. The first-order valence-electron chi connectivity index (χ1n) is 6.85. The quantitative estimate of drug-likeness (QED) is 0.865. The fourth-order valence-electron chi connectivity index (χ4n) is 2.54. The number of hydrogen-bond acceptors (Lipinski definition) is 3. The Bertz CT molecular complexity index is 386. The predicted molar refractivity (Wildman–Crippen MR) is 74.9 cm³/mol. The summed E-state index contributed by atoms with van der Waals surface area (Å²) >= 11 is 0. The molecule has 0 aromatic heterocycles. The lowest BCUT2D eigenvalue weighted by molar-refractivity contribution is 0.250. The third-order valence-electron chi connectivity index (χ3n) is 3.76. The maximum atomic E-state index is 9.99. The van der Waals surface area contributed by atoms with Crippen LogP contribution in [0, 0.1) is 6.92 Å². The van der Waals surface area contributed by atoms with Gasteiger partial charge < -0.3 is 14.9 Å². The highest BCUT2D eigenvalue weighted by Gasteiger charge is 2.12. The molecule has 0 unspecified atom stereocenters. The number of para-hydroxylation sites is 1. The molecule has 0 amide bonds. The van der Waals surface area contributed by atoms with Gasteiger partial charge in [-0.1, -0.05) is 18.2 Å². The van der Waals surface area contributed by atoms with Gasteiger partial charge in [0.15, 0.2) is 0 Å². The van der Waals surface area contributed by atoms with E-state index in [1.54, 1.807) is 0 Å². The van der Waals surface area contributed by atoms with Crippen molar-refractivity contribution in [2.75, 3.05) is 33.2 Å². The Balaban J connectivity index is 1.82. The van der Waals surface area contributed by atoms with Crippen LogP contribution in [-0.2, 0) is 6.54 Å². The number of likely N-dealkylation sites (tertiary alicyclic amines) is 1. The highest BCUT2D eigenvalue weighted by atomic mass is 16.3. The smallest absolute Gasteiger partial charge is 0.122 e. The third kappa shape index (κ3) is 3.47. The van der Waals surface area contributed by atoms with Crippen molar-refractivity contribution in [1.82, 2.24) is 9.80 Å². The van der Waals surface area contributed by atoms with Crippen molar-refractivity contribution >= 4 is 0 Å². The van der Waals surface area contributed by atoms with Crippen LogP contribution in [0.25, 0.3) is 0 Å². The normalized spacial score (nSPS) is 16.6. The van der Waals surface area contributed by atoms with Crippen LogP contribution in [-0.4, -0.2) is 48.1 Å². The molecule has 1 saturated heterocycles. The minimum absolute atomic E-state index is 0.450. The second-order valence-electron chi connectivity index (χ2n) is 5.37. The maximum absolute atomic E-state index is 9.99. The van der Waals surface area contributed by atoms with Gasteiger partial charge in [0.25, 0.3) is 0 Å². The molecule has 1 aliphatic heterocycles. The van der Waals surface area contributed by atoms with Crippen LogP contribution in [0.15, 0.2) is 18.2 Å². The van der Waals surface area contributed by atoms with E-state index < -0.39 is 0 Å². The van der Waals surface area contributed by atoms with E-state index in [0.717, 1.165) is 30.8 Å². The second kappa shape index (κ2) is 6.21. The number of aromatic hydroxyl groups is 1. The van der Waals surface area contributed by atoms with Crippen LogP contribution in [0.5, 0.6) is 5.75 Å². The summed E-state index contributed by atoms with van der Waals surface area (Å²) in [6, 6.07) is 5.97. The molecule has 18 heavy (non-hydrogen) atoms. The van der Waals surface area contributed by atoms with Gasteiger partial charge in [-0.05, 0) is 45.5 Å². The first-order valence-corrected chi connectivity index (χ1v) is 6.85. The molecule has 0 radical (unpaired) electrons. The molecule has 100 valence electrons. The van der Waals surface area contributed by atoms with Gasteiger partial charge in [0.1, 0.15) is 5.75 Å². The first kappa shape index (κ1) is 13.4. The standard InChI is InChI=1S/C15H24N2O/c1-13-6-5-7-14(15(13)18)12-16(2)10-11-17-8-3-4-9-17/h5-7,18H,3-4,8-12H2,1-2H3. The maximum Gasteiger partial charge on any atom is 0.122 e. The molecule has 0 atom stereocenters. The monoisotopic (exact) mass is 248 g/mol. The number of phenolic OH excluding ortho intramolecular Hbond substituents is 1. The fourth-order valence-corrected chi connectivity index (χ4v) is 2.54. The van der Waals surface area contributed by atoms with E-state index in [4.69, 9.17) is 0 Å². The Labute approximate surface area is 110 Å². The molecule has 3 heteroatoms. The lowest BCUT2D eigenvalue weighted by atomic mass is 10.1. The number of rotatable bonds is 5. The van der Waals surface area contributed by atoms with Crippen LogP contribution in [0.2, 0.25) is 0 Å². The van der Waals surface area contributed by atoms with Crippen molar-refractivity contribution in [2.45, 2.75) is 26.3 Å². The molecule has 1 aliphatic rings. The van der Waals surface area contributed by atoms with E-state index >= 15 is 0 Å². The zero-order valence-electron chi connectivity index (χ0n) is 11.5. The van der Waals surface area contributed by atoms with Crippen LogP contribution in [0.3, 0.4) is 0 Å². The highest BCUT2D eigenvalue weighted by molar-refractivity contribution is 5.39. The summed E-state index contributed by atoms with van der Waals surface area (Å²) in [4.78, 5) is 4.80. The van der Waals surface area contributed by atoms with Crippen LogP contribution >= 0.6 is 0 Å². The third-order valence-corrected chi connectivity index (χ3v) is 3.76. The van der Waals surface area contributed by atoms with Gasteiger partial charge in [-0.25, -0.2) is 0 Å². The molecule has 1 aromatic carbocycles. The molecule has 3 nitrogen and oxygen atoms in total. The van der Waals surface area contributed by atoms with E-state index in [1.165, 1.54) is 25.9 Å². The number of aryl methyl sites for hydroxylation is 1. The summed E-state index contributed by atoms with van der Waals surface area (Å²) in [7, 11) is 2.12. The van der Waals surface area contributed by atoms with Gasteiger partial charge in [-0.2, -0.15) is 0 Å². The predicted octanol–water partition coefficient (Wildman–Crippen LogP) is 2.23. The minimum Gasteiger partial charge on any atom is -0.507 e. The Morgan fingerprint density at radius 1 is 1.28 bits per heavy atom. The van der Waals surface area contributed by atoms with E-state index in [0.29, 0.717) is 5.75 Å². The molecule has 1 fully saturated rings. The van der Waals surface area contributed by atoms with Gasteiger partial charge in [-0.3, -0.25) is 0 Å². The molecular formula is C15H24N2O. The summed E-state index contributed by atoms with van der Waals surface area (Å²) < 4.78 is 0. The largest absolute Gasteiger partial charge is 0.507 e. The topological polar surface area (TPSA) is 26.7 Å². The minimum atomic E-state index is 0.450. The van der Waals surface area contributed by atoms with Crippen molar-refractivity contribution in [3.8, 4) is 5.75 Å². The average Bonchev–Trinajstić information content (AvgIpc) is 2.86. The highest BCUT2D eigenvalue weighted by Crippen LogP contribution is 2.22. The molecule has 2 rings (SSSR count). The van der Waals surface area contributed by atoms with Gasteiger partial charge in [-0.15, -0.1) is 0 Å². The Morgan fingerprint density at radius 2 is 2.00 bits per heavy atom. The average molecular weight is 248 g/mol. The second-order valence-corrected chi connectivity index (χ2v) is 5.37. The van der Waals surface area contributed by atoms with E-state index in [-0.39, 0.29) is 0 Å². The zero-order chi connectivity index (χ0) is 13.0. The Hall–Kier alpha value is -1.06. The SMILES string of the molecule is Cc1cccc(CN(C)CCN2CCCC2)c1O. The van der Waals surface area contributed by atoms with E-state index in [2.05, 4.69) is 16.8 Å². The summed E-state index contributed by atoms with van der Waals surface area (Å²) in [5, 5.41) is 9.99. The van der Waals surface area contributed by atoms with Crippen molar-refractivity contribution in [1.29, 1.82) is 0 Å². The number of benzene rings is 1. The molecule has 1 N–H and O–H groups in total. The zero-order valence-corrected chi connectivity index (χ0v) is 11.5. The van der Waals surface area contributed by atoms with Crippen molar-refractivity contribution in [3.63, 3.8) is 0 Å². The molecule has 1 heterocycles. The molecule has 0 saturated carbocycles. The van der Waals surface area contributed by atoms with Crippen molar-refractivity contribution in [3.05, 3.63) is 29.3 Å². The first-order chi connectivity index (χ1) is 8.66. The van der Waals surface area contributed by atoms with Crippen molar-refractivity contribution in [2.24, 2.45) is 0 Å². The molecule has 1 aromatic rings. The van der Waals surface area contributed by atoms with Gasteiger partial charge in [0.2, 0.25) is 0 Å². The van der Waals surface area contributed by atoms with Gasteiger partial charge >= 0.3 is 0 Å². The molecule has 0 aliphatic carbocycles. The van der Waals surface area contributed by atoms with Gasteiger partial charge in [0.05, 0.1) is 0 Å². The summed E-state index contributed by atoms with van der Waals surface area (Å²) in [5.41, 5.74) is 1.99. The van der Waals surface area contributed by atoms with Crippen LogP contribution < -0.4 is 0 Å². The fraction of sp³-hybridized carbons (Fsp3) is 0.600. The van der Waals surface area contributed by atoms with Crippen LogP contribution in [0.4, 0.5) is 0 Å². The molecular weight excluding hydrogens is 224 g/mol. The summed E-state index contributed by atoms with van der Waals surface area (Å²) in [6.07, 6.45) is 2.70. The lowest BCUT2D eigenvalue weighted by Gasteiger charge is -2.21. The summed E-state index contributed by atoms with van der Waals surface area (Å²) in [5.74, 6) is 0.450. The van der Waals surface area contributed by atoms with E-state index in [9.17, 15) is 5.11 Å². The Morgan fingerprint density at radius 3 is 2.72 bits per heavy atom. The van der Waals surface area contributed by atoms with Crippen LogP contribution in [0.1, 0.15) is 24.0 Å². The number of hydrogen-bond donors (Lipinski definition) is 1. The van der Waals surface area contributed by atoms with Crippen molar-refractivity contribution < 1.29 is 5.11 Å². The molecule has 0 spiro atoms. The van der Waals surface area contributed by atoms with E-state index in [1.807, 2.05) is 25.1 Å². The number of likely N-dealkylation sites (N-methyl/N-ethyl adjacent to an activating group) is 1. The van der Waals surface area contributed by atoms with Gasteiger partial charge in [0, 0.05) is 25.2 Å².